The van der Waals surface area contributed by atoms with Gasteiger partial charge in [-0.15, -0.1) is 0 Å². The van der Waals surface area contributed by atoms with E-state index < -0.39 is 19.1 Å². The number of anilines is 7. The number of aryl methyl sites for hydroxylation is 3. The molecule has 5 aliphatic rings. The molecular formula is C93H110N20O15. The van der Waals surface area contributed by atoms with Crippen molar-refractivity contribution < 1.29 is 58.6 Å². The Morgan fingerprint density at radius 1 is 0.438 bits per heavy atom. The summed E-state index contributed by atoms with van der Waals surface area (Å²) in [4.78, 5) is 196. The van der Waals surface area contributed by atoms with Crippen LogP contribution in [0, 0.1) is 20.8 Å². The van der Waals surface area contributed by atoms with Gasteiger partial charge in [-0.05, 0) is 170 Å². The van der Waals surface area contributed by atoms with E-state index in [2.05, 4.69) is 56.1 Å². The van der Waals surface area contributed by atoms with Gasteiger partial charge in [-0.1, -0.05) is 82.4 Å². The highest BCUT2D eigenvalue weighted by molar-refractivity contribution is 6.02. The van der Waals surface area contributed by atoms with E-state index in [4.69, 9.17) is 30.4 Å². The normalized spacial score (nSPS) is 14.7. The summed E-state index contributed by atoms with van der Waals surface area (Å²) in [5.74, 6) is 0.571. The van der Waals surface area contributed by atoms with Gasteiger partial charge in [-0.3, -0.25) is 76.4 Å². The molecule has 4 fully saturated rings. The third-order valence-corrected chi connectivity index (χ3v) is 24.7. The highest BCUT2D eigenvalue weighted by Gasteiger charge is 2.32. The number of rotatable bonds is 32. The highest BCUT2D eigenvalue weighted by Crippen LogP contribution is 2.37. The molecule has 2 aliphatic heterocycles. The number of pyridine rings is 6. The molecule has 0 radical (unpaired) electrons. The first-order valence-corrected chi connectivity index (χ1v) is 44.2. The highest BCUT2D eigenvalue weighted by atomic mass is 16.5. The molecule has 0 unspecified atom stereocenters. The van der Waals surface area contributed by atoms with Crippen molar-refractivity contribution in [3.63, 3.8) is 0 Å². The number of aliphatic hydroxyl groups excluding tert-OH is 2. The number of Topliss-reactive ketones (excluding diaryl/α,β-unsaturated/α-hetero) is 5. The lowest BCUT2D eigenvalue weighted by Crippen LogP contribution is -2.48. The monoisotopic (exact) mass is 1750 g/mol. The minimum Gasteiger partial charge on any atom is -0.389 e. The van der Waals surface area contributed by atoms with Crippen LogP contribution < -0.4 is 48.3 Å². The van der Waals surface area contributed by atoms with Crippen LogP contribution in [0.25, 0.3) is 33.1 Å². The zero-order valence-electron chi connectivity index (χ0n) is 73.2. The van der Waals surface area contributed by atoms with Crippen molar-refractivity contribution in [3.05, 3.63) is 184 Å². The van der Waals surface area contributed by atoms with Gasteiger partial charge in [-0.2, -0.15) is 15.0 Å². The summed E-state index contributed by atoms with van der Waals surface area (Å²) in [6, 6.07) is 17.3. The van der Waals surface area contributed by atoms with E-state index in [-0.39, 0.29) is 111 Å². The molecule has 9 aromatic heterocycles. The van der Waals surface area contributed by atoms with Crippen LogP contribution in [0.15, 0.2) is 106 Å². The number of hydroxylamine groups is 1. The first kappa shape index (κ1) is 92.5. The number of ketones is 5. The van der Waals surface area contributed by atoms with Crippen molar-refractivity contribution in [1.29, 1.82) is 0 Å². The molecule has 3 saturated carbocycles. The van der Waals surface area contributed by atoms with Crippen LogP contribution in [-0.2, 0) is 27.3 Å². The maximum atomic E-state index is 13.5. The number of hydrogen-bond donors (Lipinski definition) is 8. The van der Waals surface area contributed by atoms with Crippen molar-refractivity contribution in [3.8, 4) is 0 Å². The Labute approximate surface area is 738 Å². The second-order valence-corrected chi connectivity index (χ2v) is 33.4. The first-order chi connectivity index (χ1) is 61.8. The van der Waals surface area contributed by atoms with E-state index in [9.17, 15) is 57.5 Å². The van der Waals surface area contributed by atoms with E-state index in [1.165, 1.54) is 27.0 Å². The second kappa shape index (κ2) is 42.9. The Morgan fingerprint density at radius 2 is 0.875 bits per heavy atom. The number of benzene rings is 1. The molecule has 8 N–H and O–H groups in total. The summed E-state index contributed by atoms with van der Waals surface area (Å²) in [5.41, 5.74) is 8.78. The lowest BCUT2D eigenvalue weighted by atomic mass is 10.0. The van der Waals surface area contributed by atoms with Crippen molar-refractivity contribution in [2.24, 2.45) is 0 Å². The average Bonchev–Trinajstić information content (AvgIpc) is 1.05. The third kappa shape index (κ3) is 21.9. The predicted molar refractivity (Wildman–Crippen MR) is 481 cm³/mol. The number of piperazine rings is 1. The Kier molecular flexibility index (Phi) is 31.0. The molecule has 0 spiro atoms. The van der Waals surface area contributed by atoms with Crippen LogP contribution in [-0.4, -0.2) is 189 Å². The topological polar surface area (TPSA) is 466 Å². The van der Waals surface area contributed by atoms with Gasteiger partial charge < -0.3 is 46.2 Å². The van der Waals surface area contributed by atoms with E-state index >= 15 is 0 Å². The van der Waals surface area contributed by atoms with Crippen LogP contribution in [0.3, 0.4) is 0 Å². The smallest absolute Gasteiger partial charge is 0.263 e. The van der Waals surface area contributed by atoms with Crippen molar-refractivity contribution in [2.45, 2.75) is 220 Å². The fourth-order valence-corrected chi connectivity index (χ4v) is 17.8. The maximum absolute atomic E-state index is 13.5. The first-order valence-electron chi connectivity index (χ1n) is 44.2. The summed E-state index contributed by atoms with van der Waals surface area (Å²) in [5, 5.41) is 40.6. The Hall–Kier alpha value is -13.2. The molecule has 35 nitrogen and oxygen atoms in total. The zero-order valence-corrected chi connectivity index (χ0v) is 73.2. The standard InChI is InChI=1S/C33H35N7O5.C32H40N6O5.C28H35N7O5/c1-20-26-18-35-33(37-30(26)40(24-5-3-4-6-24)32(45)29(20)21(2)42)36-28-12-11-25(17-34-28)38-13-15-39(16-14-38)31(44)23-9-7-22(8-10-23)27(43)19-41;1-20-25-17-33-32(36-30(25)38(23-9-7-8-10-23)31(43)29(20)21(2)40)35-27-14-13-22-18-37(16-15-26(22)34-27)28(42)12-6-4-3-5-11-24(41)19-39;1-17-21-16-31-28(33-25(21)35(20-9-6-7-10-20)27(39)24(17)18(2)36)32-22-13-12-19(15-30-22)26(38)29-14-8-4-3-5-11-23(37)34-40/h7-12,17-18,24,41H,3-6,13-16,19H2,1-2H3,(H,34,35,36,37);13-14,17,23,39H,3-12,15-16,18-19H2,1-2H3,(H,33,34,35,36);12-13,15-16,20,40H,3-11,14H2,1-2H3,(H,29,38)(H,34,37)(H,30,31,32,33). The van der Waals surface area contributed by atoms with E-state index in [1.54, 1.807) is 106 Å². The average molecular weight is 1750 g/mol. The van der Waals surface area contributed by atoms with Gasteiger partial charge in [0.2, 0.25) is 29.7 Å². The van der Waals surface area contributed by atoms with Gasteiger partial charge in [0.25, 0.3) is 28.5 Å². The Balaban J connectivity index is 0.000000164. The summed E-state index contributed by atoms with van der Waals surface area (Å²) in [7, 11) is 0. The lowest BCUT2D eigenvalue weighted by molar-refractivity contribution is -0.132. The summed E-state index contributed by atoms with van der Waals surface area (Å²) < 4.78 is 5.04. The van der Waals surface area contributed by atoms with Crippen LogP contribution in [0.1, 0.15) is 277 Å². The second-order valence-electron chi connectivity index (χ2n) is 33.4. The van der Waals surface area contributed by atoms with Gasteiger partial charge in [0.1, 0.15) is 47.6 Å². The third-order valence-electron chi connectivity index (χ3n) is 24.7. The molecule has 11 heterocycles. The maximum Gasteiger partial charge on any atom is 0.263 e. The van der Waals surface area contributed by atoms with Gasteiger partial charge in [0.05, 0.1) is 34.1 Å². The number of carbonyl (C=O) groups is 9. The van der Waals surface area contributed by atoms with Crippen LogP contribution >= 0.6 is 0 Å². The molecule has 3 aliphatic carbocycles. The number of nitrogens with zero attached hydrogens (tertiary/aromatic N) is 15. The Bertz CT molecular complexity index is 6010. The largest absolute Gasteiger partial charge is 0.389 e. The molecule has 0 bridgehead atoms. The fourth-order valence-electron chi connectivity index (χ4n) is 17.8. The van der Waals surface area contributed by atoms with Crippen molar-refractivity contribution in [2.75, 3.05) is 73.3 Å². The zero-order chi connectivity index (χ0) is 90.8. The number of nitrogens with one attached hydrogen (secondary N) is 5. The number of unbranched alkanes of at least 4 members (excludes halogenated alkanes) is 6. The molecule has 4 amide bonds. The molecular weight excluding hydrogens is 1640 g/mol. The summed E-state index contributed by atoms with van der Waals surface area (Å²) >= 11 is 0. The molecule has 10 aromatic rings. The number of amides is 4. The molecule has 0 atom stereocenters. The van der Waals surface area contributed by atoms with Gasteiger partial charge in [-0.25, -0.2) is 35.4 Å². The minimum atomic E-state index is -0.564. The van der Waals surface area contributed by atoms with Crippen molar-refractivity contribution in [1.82, 2.24) is 79.2 Å². The fraction of sp³-hybridized carbons (Fsp3) is 0.452. The van der Waals surface area contributed by atoms with E-state index in [0.717, 1.165) is 139 Å². The van der Waals surface area contributed by atoms with Gasteiger partial charge >= 0.3 is 0 Å². The van der Waals surface area contributed by atoms with Crippen LogP contribution in [0.5, 0.6) is 0 Å². The summed E-state index contributed by atoms with van der Waals surface area (Å²) in [6.07, 6.45) is 27.8. The SMILES string of the molecule is CC(=O)c1c(C)c2cnc(Nc3ccc(C(=O)NCCCCCCC(=O)NO)cn3)nc2n(C2CCCC2)c1=O.CC(=O)c1c(C)c2cnc(Nc3ccc(N4CCN(C(=O)c5ccc(C(=O)CO)cc5)CC4)cn3)nc2n(C2CCCC2)c1=O.CC(=O)c1c(C)c2cnc(Nc3ccc4c(n3)CCN(C(=O)CCCCCCC(=O)CO)C4)nc2n(C2CCCC2)c1=O. The Morgan fingerprint density at radius 3 is 1.32 bits per heavy atom. The van der Waals surface area contributed by atoms with Crippen molar-refractivity contribution >= 4 is 127 Å². The quantitative estimate of drug-likeness (QED) is 0.00840. The number of fused-ring (bicyclic) bond motifs is 4. The number of aromatic nitrogens is 12. The van der Waals surface area contributed by atoms with Gasteiger partial charge in [0.15, 0.2) is 28.9 Å². The molecule has 15 rings (SSSR count). The molecule has 1 saturated heterocycles. The molecule has 35 heteroatoms. The van der Waals surface area contributed by atoms with Gasteiger partial charge in [0, 0.05) is 147 Å². The molecule has 128 heavy (non-hydrogen) atoms. The molecule has 672 valence electrons. The molecule has 1 aromatic carbocycles. The van der Waals surface area contributed by atoms with E-state index in [1.807, 2.05) is 29.2 Å². The number of carbonyl (C=O) groups excluding carboxylic acids is 9. The minimum absolute atomic E-state index is 0.00212. The lowest BCUT2D eigenvalue weighted by Gasteiger charge is -2.36. The number of aliphatic hydroxyl groups is 2. The van der Waals surface area contributed by atoms with E-state index in [0.29, 0.717) is 167 Å². The number of hydrogen-bond acceptors (Lipinski definition) is 28. The predicted octanol–water partition coefficient (Wildman–Crippen LogP) is 11.8. The van der Waals surface area contributed by atoms with Crippen LogP contribution in [0.2, 0.25) is 0 Å². The summed E-state index contributed by atoms with van der Waals surface area (Å²) in [6.45, 7) is 12.6. The van der Waals surface area contributed by atoms with Crippen LogP contribution in [0.4, 0.5) is 41.0 Å².